The van der Waals surface area contributed by atoms with Crippen molar-refractivity contribution in [3.05, 3.63) is 29.3 Å². The molecule has 2 rings (SSSR count). The molecule has 110 valence electrons. The molecule has 0 saturated carbocycles. The van der Waals surface area contributed by atoms with Crippen LogP contribution in [0.5, 0.6) is 0 Å². The largest absolute Gasteiger partial charge is 0.465 e. The molecule has 2 unspecified atom stereocenters. The van der Waals surface area contributed by atoms with Crippen molar-refractivity contribution in [2.75, 3.05) is 12.4 Å². The highest BCUT2D eigenvalue weighted by Crippen LogP contribution is 2.26. The highest BCUT2D eigenvalue weighted by Gasteiger charge is 2.25. The van der Waals surface area contributed by atoms with Crippen LogP contribution in [0.1, 0.15) is 42.6 Å². The molecule has 1 aliphatic heterocycles. The number of rotatable bonds is 3. The quantitative estimate of drug-likeness (QED) is 0.862. The van der Waals surface area contributed by atoms with E-state index in [1.807, 2.05) is 19.1 Å². The summed E-state index contributed by atoms with van der Waals surface area (Å²) in [5.41, 5.74) is 2.55. The fourth-order valence-electron chi connectivity index (χ4n) is 2.87. The Kier molecular flexibility index (Phi) is 4.65. The first-order chi connectivity index (χ1) is 9.51. The van der Waals surface area contributed by atoms with Gasteiger partial charge in [0.05, 0.1) is 24.9 Å². The molecule has 1 aromatic rings. The van der Waals surface area contributed by atoms with Crippen LogP contribution in [0.15, 0.2) is 18.2 Å². The predicted octanol–water partition coefficient (Wildman–Crippen LogP) is 3.15. The zero-order chi connectivity index (χ0) is 14.7. The first kappa shape index (κ1) is 14.9. The van der Waals surface area contributed by atoms with Crippen molar-refractivity contribution >= 4 is 11.7 Å². The highest BCUT2D eigenvalue weighted by molar-refractivity contribution is 5.92. The van der Waals surface area contributed by atoms with Crippen LogP contribution in [0, 0.1) is 6.92 Å². The van der Waals surface area contributed by atoms with Crippen molar-refractivity contribution < 1.29 is 14.3 Å². The average Bonchev–Trinajstić information content (AvgIpc) is 2.39. The van der Waals surface area contributed by atoms with Gasteiger partial charge in [0, 0.05) is 11.7 Å². The number of benzene rings is 1. The van der Waals surface area contributed by atoms with Crippen molar-refractivity contribution in [1.29, 1.82) is 0 Å². The number of ether oxygens (including phenoxy) is 2. The molecule has 1 fully saturated rings. The topological polar surface area (TPSA) is 47.6 Å². The second kappa shape index (κ2) is 6.27. The molecule has 1 saturated heterocycles. The third kappa shape index (κ3) is 3.31. The maximum absolute atomic E-state index is 11.7. The van der Waals surface area contributed by atoms with Crippen LogP contribution in [-0.2, 0) is 9.47 Å². The van der Waals surface area contributed by atoms with Gasteiger partial charge in [-0.05, 0) is 51.3 Å². The van der Waals surface area contributed by atoms with Gasteiger partial charge in [-0.1, -0.05) is 6.07 Å². The van der Waals surface area contributed by atoms with Gasteiger partial charge in [0.15, 0.2) is 0 Å². The van der Waals surface area contributed by atoms with E-state index in [1.165, 1.54) is 7.11 Å². The minimum absolute atomic E-state index is 0.264. The van der Waals surface area contributed by atoms with Gasteiger partial charge in [0.2, 0.25) is 0 Å². The number of carbonyl (C=O) groups is 1. The van der Waals surface area contributed by atoms with E-state index in [9.17, 15) is 4.79 Å². The standard InChI is InChI=1S/C16H23NO3/c1-10-8-13(9-11(2)20-10)17-15-7-5-6-14(12(15)3)16(18)19-4/h5-7,10-11,13,17H,8-9H2,1-4H3. The molecular formula is C16H23NO3. The fraction of sp³-hybridized carbons (Fsp3) is 0.562. The highest BCUT2D eigenvalue weighted by atomic mass is 16.5. The second-order valence-electron chi connectivity index (χ2n) is 5.54. The Labute approximate surface area is 120 Å². The van der Waals surface area contributed by atoms with E-state index in [-0.39, 0.29) is 18.2 Å². The molecule has 0 spiro atoms. The minimum atomic E-state index is -0.292. The lowest BCUT2D eigenvalue weighted by atomic mass is 9.98. The van der Waals surface area contributed by atoms with Gasteiger partial charge in [-0.15, -0.1) is 0 Å². The second-order valence-corrected chi connectivity index (χ2v) is 5.54. The fourth-order valence-corrected chi connectivity index (χ4v) is 2.87. The lowest BCUT2D eigenvalue weighted by Gasteiger charge is -2.33. The summed E-state index contributed by atoms with van der Waals surface area (Å²) in [4.78, 5) is 11.7. The summed E-state index contributed by atoms with van der Waals surface area (Å²) in [6, 6.07) is 6.06. The summed E-state index contributed by atoms with van der Waals surface area (Å²) in [6.45, 7) is 6.14. The van der Waals surface area contributed by atoms with Gasteiger partial charge in [0.1, 0.15) is 0 Å². The van der Waals surface area contributed by atoms with Crippen LogP contribution in [0.3, 0.4) is 0 Å². The van der Waals surface area contributed by atoms with Crippen LogP contribution >= 0.6 is 0 Å². The summed E-state index contributed by atoms with van der Waals surface area (Å²) in [6.07, 6.45) is 2.49. The van der Waals surface area contributed by atoms with Gasteiger partial charge < -0.3 is 14.8 Å². The molecule has 0 aliphatic carbocycles. The smallest absolute Gasteiger partial charge is 0.338 e. The van der Waals surface area contributed by atoms with Crippen LogP contribution < -0.4 is 5.32 Å². The monoisotopic (exact) mass is 277 g/mol. The van der Waals surface area contributed by atoms with Gasteiger partial charge in [-0.3, -0.25) is 0 Å². The van der Waals surface area contributed by atoms with Gasteiger partial charge >= 0.3 is 5.97 Å². The maximum Gasteiger partial charge on any atom is 0.338 e. The van der Waals surface area contributed by atoms with Crippen molar-refractivity contribution in [1.82, 2.24) is 0 Å². The summed E-state index contributed by atoms with van der Waals surface area (Å²) in [7, 11) is 1.41. The normalized spacial score (nSPS) is 26.1. The molecule has 0 radical (unpaired) electrons. The van der Waals surface area contributed by atoms with E-state index in [1.54, 1.807) is 6.07 Å². The SMILES string of the molecule is COC(=O)c1cccc(NC2CC(C)OC(C)C2)c1C. The van der Waals surface area contributed by atoms with Crippen molar-refractivity contribution in [2.45, 2.75) is 51.9 Å². The Morgan fingerprint density at radius 1 is 1.30 bits per heavy atom. The molecule has 0 amide bonds. The summed E-state index contributed by atoms with van der Waals surface area (Å²) >= 11 is 0. The zero-order valence-corrected chi connectivity index (χ0v) is 12.6. The molecular weight excluding hydrogens is 254 g/mol. The van der Waals surface area contributed by atoms with Gasteiger partial charge in [-0.25, -0.2) is 4.79 Å². The van der Waals surface area contributed by atoms with E-state index in [4.69, 9.17) is 9.47 Å². The molecule has 0 aromatic heterocycles. The third-order valence-electron chi connectivity index (χ3n) is 3.80. The van der Waals surface area contributed by atoms with Gasteiger partial charge in [-0.2, -0.15) is 0 Å². The third-order valence-corrected chi connectivity index (χ3v) is 3.80. The van der Waals surface area contributed by atoms with Crippen LogP contribution in [0.25, 0.3) is 0 Å². The van der Waals surface area contributed by atoms with Crippen molar-refractivity contribution in [3.63, 3.8) is 0 Å². The molecule has 20 heavy (non-hydrogen) atoms. The van der Waals surface area contributed by atoms with E-state index >= 15 is 0 Å². The first-order valence-electron chi connectivity index (χ1n) is 7.11. The lowest BCUT2D eigenvalue weighted by molar-refractivity contribution is -0.0337. The maximum atomic E-state index is 11.7. The first-order valence-corrected chi connectivity index (χ1v) is 7.11. The van der Waals surface area contributed by atoms with Crippen LogP contribution in [-0.4, -0.2) is 31.3 Å². The number of anilines is 1. The number of hydrogen-bond acceptors (Lipinski definition) is 4. The molecule has 1 N–H and O–H groups in total. The number of esters is 1. The Hall–Kier alpha value is -1.55. The Balaban J connectivity index is 2.15. The predicted molar refractivity (Wildman–Crippen MR) is 79.2 cm³/mol. The molecule has 0 bridgehead atoms. The van der Waals surface area contributed by atoms with E-state index < -0.39 is 0 Å². The molecule has 1 aliphatic rings. The summed E-state index contributed by atoms with van der Waals surface area (Å²) in [5, 5.41) is 3.54. The van der Waals surface area contributed by atoms with Gasteiger partial charge in [0.25, 0.3) is 0 Å². The summed E-state index contributed by atoms with van der Waals surface area (Å²) in [5.74, 6) is -0.292. The number of methoxy groups -OCH3 is 1. The van der Waals surface area contributed by atoms with Crippen LogP contribution in [0.4, 0.5) is 5.69 Å². The van der Waals surface area contributed by atoms with Crippen molar-refractivity contribution in [2.24, 2.45) is 0 Å². The number of hydrogen-bond donors (Lipinski definition) is 1. The molecule has 2 atom stereocenters. The molecule has 4 nitrogen and oxygen atoms in total. The Morgan fingerprint density at radius 2 is 1.95 bits per heavy atom. The molecule has 1 heterocycles. The molecule has 4 heteroatoms. The lowest BCUT2D eigenvalue weighted by Crippen LogP contribution is -2.37. The number of carbonyl (C=O) groups excluding carboxylic acids is 1. The minimum Gasteiger partial charge on any atom is -0.465 e. The van der Waals surface area contributed by atoms with E-state index in [0.29, 0.717) is 11.6 Å². The average molecular weight is 277 g/mol. The van der Waals surface area contributed by atoms with Crippen molar-refractivity contribution in [3.8, 4) is 0 Å². The van der Waals surface area contributed by atoms with Crippen LogP contribution in [0.2, 0.25) is 0 Å². The zero-order valence-electron chi connectivity index (χ0n) is 12.6. The van der Waals surface area contributed by atoms with E-state index in [0.717, 1.165) is 24.1 Å². The van der Waals surface area contributed by atoms with E-state index in [2.05, 4.69) is 19.2 Å². The summed E-state index contributed by atoms with van der Waals surface area (Å²) < 4.78 is 10.6. The molecule has 1 aromatic carbocycles. The number of nitrogens with one attached hydrogen (secondary N) is 1. The Bertz CT molecular complexity index is 477. The Morgan fingerprint density at radius 3 is 2.55 bits per heavy atom.